The summed E-state index contributed by atoms with van der Waals surface area (Å²) in [6, 6.07) is 0.628. The van der Waals surface area contributed by atoms with E-state index in [1.807, 2.05) is 11.7 Å². The fourth-order valence-electron chi connectivity index (χ4n) is 2.09. The van der Waals surface area contributed by atoms with Crippen molar-refractivity contribution in [2.45, 2.75) is 52.6 Å². The van der Waals surface area contributed by atoms with E-state index in [9.17, 15) is 0 Å². The zero-order valence-electron chi connectivity index (χ0n) is 13.5. The van der Waals surface area contributed by atoms with Gasteiger partial charge in [0.15, 0.2) is 0 Å². The molecule has 0 fully saturated rings. The van der Waals surface area contributed by atoms with E-state index in [0.29, 0.717) is 6.04 Å². The van der Waals surface area contributed by atoms with Gasteiger partial charge in [-0.1, -0.05) is 18.5 Å². The summed E-state index contributed by atoms with van der Waals surface area (Å²) >= 11 is 6.32. The van der Waals surface area contributed by atoms with Gasteiger partial charge in [-0.2, -0.15) is 5.10 Å². The van der Waals surface area contributed by atoms with Gasteiger partial charge < -0.3 is 10.2 Å². The lowest BCUT2D eigenvalue weighted by atomic mass is 10.2. The molecule has 5 heteroatoms. The van der Waals surface area contributed by atoms with Crippen LogP contribution in [0.15, 0.2) is 0 Å². The second kappa shape index (κ2) is 8.65. The Bertz CT molecular complexity index is 401. The zero-order chi connectivity index (χ0) is 15.1. The molecule has 0 aromatic carbocycles. The van der Waals surface area contributed by atoms with E-state index in [1.165, 1.54) is 12.8 Å². The predicted octanol–water partition coefficient (Wildman–Crippen LogP) is 2.85. The van der Waals surface area contributed by atoms with Crippen molar-refractivity contribution < 1.29 is 0 Å². The number of rotatable bonds is 9. The van der Waals surface area contributed by atoms with Gasteiger partial charge in [0.25, 0.3) is 0 Å². The van der Waals surface area contributed by atoms with E-state index in [1.54, 1.807) is 0 Å². The van der Waals surface area contributed by atoms with Crippen molar-refractivity contribution in [3.63, 3.8) is 0 Å². The van der Waals surface area contributed by atoms with Crippen molar-refractivity contribution in [1.82, 2.24) is 20.0 Å². The first-order valence-electron chi connectivity index (χ1n) is 7.58. The van der Waals surface area contributed by atoms with Crippen LogP contribution in [0.1, 0.15) is 45.0 Å². The fourth-order valence-corrected chi connectivity index (χ4v) is 2.45. The number of hydrogen-bond acceptors (Lipinski definition) is 3. The summed E-state index contributed by atoms with van der Waals surface area (Å²) in [5, 5.41) is 8.71. The molecule has 0 saturated heterocycles. The summed E-state index contributed by atoms with van der Waals surface area (Å²) < 4.78 is 1.89. The highest BCUT2D eigenvalue weighted by Crippen LogP contribution is 2.20. The Morgan fingerprint density at radius 3 is 2.60 bits per heavy atom. The third-order valence-electron chi connectivity index (χ3n) is 3.79. The maximum atomic E-state index is 6.32. The minimum atomic E-state index is 0.628. The number of hydrogen-bond donors (Lipinski definition) is 1. The smallest absolute Gasteiger partial charge is 0.0863 e. The first-order chi connectivity index (χ1) is 9.47. The van der Waals surface area contributed by atoms with Crippen molar-refractivity contribution in [2.24, 2.45) is 7.05 Å². The SMILES string of the molecule is CCc1nn(C)c(CNCCCCN(C)C(C)C)c1Cl. The molecular formula is C15H29ClN4. The highest BCUT2D eigenvalue weighted by atomic mass is 35.5. The van der Waals surface area contributed by atoms with Gasteiger partial charge in [-0.15, -0.1) is 0 Å². The Labute approximate surface area is 128 Å². The summed E-state index contributed by atoms with van der Waals surface area (Å²) in [6.45, 7) is 9.52. The molecule has 0 radical (unpaired) electrons. The highest BCUT2D eigenvalue weighted by molar-refractivity contribution is 6.31. The molecule has 0 atom stereocenters. The Kier molecular flexibility index (Phi) is 7.56. The largest absolute Gasteiger partial charge is 0.311 e. The van der Waals surface area contributed by atoms with Gasteiger partial charge in [0.2, 0.25) is 0 Å². The monoisotopic (exact) mass is 300 g/mol. The molecule has 0 aliphatic heterocycles. The van der Waals surface area contributed by atoms with Crippen molar-refractivity contribution in [3.05, 3.63) is 16.4 Å². The van der Waals surface area contributed by atoms with Gasteiger partial charge in [0, 0.05) is 19.6 Å². The number of aromatic nitrogens is 2. The van der Waals surface area contributed by atoms with Crippen LogP contribution in [0, 0.1) is 0 Å². The molecule has 1 aromatic rings. The molecule has 0 aliphatic carbocycles. The van der Waals surface area contributed by atoms with Crippen LogP contribution < -0.4 is 5.32 Å². The first kappa shape index (κ1) is 17.5. The van der Waals surface area contributed by atoms with Crippen LogP contribution >= 0.6 is 11.6 Å². The Hall–Kier alpha value is -0.580. The van der Waals surface area contributed by atoms with Gasteiger partial charge in [-0.25, -0.2) is 0 Å². The van der Waals surface area contributed by atoms with E-state index in [0.717, 1.165) is 42.5 Å². The third kappa shape index (κ3) is 5.08. The summed E-state index contributed by atoms with van der Waals surface area (Å²) in [4.78, 5) is 2.38. The second-order valence-electron chi connectivity index (χ2n) is 5.64. The minimum Gasteiger partial charge on any atom is -0.311 e. The zero-order valence-corrected chi connectivity index (χ0v) is 14.3. The number of unbranched alkanes of at least 4 members (excludes halogenated alkanes) is 1. The van der Waals surface area contributed by atoms with Crippen molar-refractivity contribution >= 4 is 11.6 Å². The molecule has 0 amide bonds. The molecule has 20 heavy (non-hydrogen) atoms. The Morgan fingerprint density at radius 1 is 1.35 bits per heavy atom. The topological polar surface area (TPSA) is 33.1 Å². The van der Waals surface area contributed by atoms with E-state index >= 15 is 0 Å². The Balaban J connectivity index is 2.23. The average Bonchev–Trinajstić information content (AvgIpc) is 2.68. The molecule has 116 valence electrons. The molecule has 1 rings (SSSR count). The first-order valence-corrected chi connectivity index (χ1v) is 7.96. The molecule has 0 saturated carbocycles. The van der Waals surface area contributed by atoms with Crippen LogP contribution in [-0.2, 0) is 20.0 Å². The summed E-state index contributed by atoms with van der Waals surface area (Å²) in [7, 11) is 4.14. The number of halogens is 1. The number of aryl methyl sites for hydroxylation is 2. The maximum absolute atomic E-state index is 6.32. The normalized spacial score (nSPS) is 11.8. The summed E-state index contributed by atoms with van der Waals surface area (Å²) in [6.07, 6.45) is 3.29. The second-order valence-corrected chi connectivity index (χ2v) is 6.02. The lowest BCUT2D eigenvalue weighted by Crippen LogP contribution is -2.28. The predicted molar refractivity (Wildman–Crippen MR) is 86.3 cm³/mol. The van der Waals surface area contributed by atoms with Gasteiger partial charge in [-0.05, 0) is 53.2 Å². The fraction of sp³-hybridized carbons (Fsp3) is 0.800. The standard InChI is InChI=1S/C15H29ClN4/c1-6-13-15(16)14(20(5)18-13)11-17-9-7-8-10-19(4)12(2)3/h12,17H,6-11H2,1-5H3. The van der Waals surface area contributed by atoms with Gasteiger partial charge in [0.05, 0.1) is 16.4 Å². The van der Waals surface area contributed by atoms with Crippen molar-refractivity contribution in [3.8, 4) is 0 Å². The molecule has 0 unspecified atom stereocenters. The number of nitrogens with one attached hydrogen (secondary N) is 1. The van der Waals surface area contributed by atoms with Crippen molar-refractivity contribution in [2.75, 3.05) is 20.1 Å². The van der Waals surface area contributed by atoms with Crippen LogP contribution in [0.3, 0.4) is 0 Å². The quantitative estimate of drug-likeness (QED) is 0.712. The molecule has 1 heterocycles. The number of nitrogens with zero attached hydrogens (tertiary/aromatic N) is 3. The van der Waals surface area contributed by atoms with Gasteiger partial charge in [0.1, 0.15) is 0 Å². The molecule has 0 bridgehead atoms. The van der Waals surface area contributed by atoms with Crippen LogP contribution in [0.4, 0.5) is 0 Å². The van der Waals surface area contributed by atoms with Crippen LogP contribution in [0.2, 0.25) is 5.02 Å². The van der Waals surface area contributed by atoms with Gasteiger partial charge >= 0.3 is 0 Å². The summed E-state index contributed by atoms with van der Waals surface area (Å²) in [5.41, 5.74) is 2.08. The Morgan fingerprint density at radius 2 is 2.05 bits per heavy atom. The maximum Gasteiger partial charge on any atom is 0.0863 e. The average molecular weight is 301 g/mol. The molecular weight excluding hydrogens is 272 g/mol. The van der Waals surface area contributed by atoms with Crippen molar-refractivity contribution in [1.29, 1.82) is 0 Å². The van der Waals surface area contributed by atoms with Gasteiger partial charge in [-0.3, -0.25) is 4.68 Å². The van der Waals surface area contributed by atoms with Crippen LogP contribution in [-0.4, -0.2) is 40.9 Å². The molecule has 0 aliphatic rings. The molecule has 4 nitrogen and oxygen atoms in total. The van der Waals surface area contributed by atoms with Crippen LogP contribution in [0.25, 0.3) is 0 Å². The van der Waals surface area contributed by atoms with E-state index < -0.39 is 0 Å². The lowest BCUT2D eigenvalue weighted by Gasteiger charge is -2.20. The minimum absolute atomic E-state index is 0.628. The van der Waals surface area contributed by atoms with Crippen LogP contribution in [0.5, 0.6) is 0 Å². The highest BCUT2D eigenvalue weighted by Gasteiger charge is 2.11. The molecule has 1 aromatic heterocycles. The molecule has 0 spiro atoms. The lowest BCUT2D eigenvalue weighted by molar-refractivity contribution is 0.268. The molecule has 1 N–H and O–H groups in total. The third-order valence-corrected chi connectivity index (χ3v) is 4.23. The van der Waals surface area contributed by atoms with E-state index in [2.05, 4.69) is 43.1 Å². The summed E-state index contributed by atoms with van der Waals surface area (Å²) in [5.74, 6) is 0. The van der Waals surface area contributed by atoms with E-state index in [-0.39, 0.29) is 0 Å². The van der Waals surface area contributed by atoms with E-state index in [4.69, 9.17) is 11.6 Å².